The van der Waals surface area contributed by atoms with Crippen molar-refractivity contribution in [3.8, 4) is 0 Å². The molecule has 1 aliphatic rings. The number of nitrogens with zero attached hydrogens (tertiary/aromatic N) is 1. The summed E-state index contributed by atoms with van der Waals surface area (Å²) in [5.74, 6) is 0. The Morgan fingerprint density at radius 3 is 2.73 bits per heavy atom. The van der Waals surface area contributed by atoms with Crippen molar-refractivity contribution < 1.29 is 0 Å². The first-order chi connectivity index (χ1) is 5.09. The molecule has 0 N–H and O–H groups in total. The monoisotopic (exact) mass is 193 g/mol. The molecular formula is C8H13Cl2N. The first-order valence-electron chi connectivity index (χ1n) is 3.79. The van der Waals surface area contributed by atoms with Crippen molar-refractivity contribution in [3.05, 3.63) is 11.1 Å². The van der Waals surface area contributed by atoms with Crippen LogP contribution in [0.25, 0.3) is 0 Å². The van der Waals surface area contributed by atoms with Crippen molar-refractivity contribution in [1.82, 2.24) is 4.90 Å². The average Bonchev–Trinajstić information content (AvgIpc) is 1.95. The first-order valence-corrected chi connectivity index (χ1v) is 4.60. The van der Waals surface area contributed by atoms with Crippen molar-refractivity contribution in [2.24, 2.45) is 0 Å². The van der Waals surface area contributed by atoms with E-state index in [-0.39, 0.29) is 5.00 Å². The summed E-state index contributed by atoms with van der Waals surface area (Å²) in [6.45, 7) is 3.04. The van der Waals surface area contributed by atoms with Gasteiger partial charge in [0.25, 0.3) is 0 Å². The highest BCUT2D eigenvalue weighted by molar-refractivity contribution is 6.29. The zero-order valence-corrected chi connectivity index (χ0v) is 8.41. The fourth-order valence-corrected chi connectivity index (χ4v) is 1.96. The van der Waals surface area contributed by atoms with Gasteiger partial charge >= 0.3 is 0 Å². The third kappa shape index (κ3) is 1.71. The number of likely N-dealkylation sites (N-methyl/N-ethyl adjacent to an activating group) is 1. The van der Waals surface area contributed by atoms with Gasteiger partial charge in [0.1, 0.15) is 5.00 Å². The van der Waals surface area contributed by atoms with Crippen LogP contribution < -0.4 is 0 Å². The number of halogens is 2. The van der Waals surface area contributed by atoms with Gasteiger partial charge in [-0.25, -0.2) is 0 Å². The summed E-state index contributed by atoms with van der Waals surface area (Å²) < 4.78 is 0. The maximum Gasteiger partial charge on any atom is 0.116 e. The Hall–Kier alpha value is 0.280. The van der Waals surface area contributed by atoms with Gasteiger partial charge in [-0.3, -0.25) is 4.90 Å². The molecule has 0 spiro atoms. The minimum atomic E-state index is -0.361. The van der Waals surface area contributed by atoms with Crippen LogP contribution >= 0.6 is 23.2 Å². The SMILES string of the molecule is CN1CCC/C(=C\Cl)C1(C)Cl. The molecule has 1 aliphatic heterocycles. The van der Waals surface area contributed by atoms with Crippen molar-refractivity contribution >= 4 is 23.2 Å². The zero-order chi connectivity index (χ0) is 8.48. The number of likely N-dealkylation sites (tertiary alicyclic amines) is 1. The van der Waals surface area contributed by atoms with E-state index >= 15 is 0 Å². The zero-order valence-electron chi connectivity index (χ0n) is 6.90. The Balaban J connectivity index is 2.82. The van der Waals surface area contributed by atoms with Gasteiger partial charge in [-0.15, -0.1) is 0 Å². The van der Waals surface area contributed by atoms with Crippen molar-refractivity contribution in [2.45, 2.75) is 24.8 Å². The molecule has 3 heteroatoms. The van der Waals surface area contributed by atoms with Crippen LogP contribution in [0.3, 0.4) is 0 Å². The van der Waals surface area contributed by atoms with E-state index in [1.165, 1.54) is 0 Å². The number of hydrogen-bond acceptors (Lipinski definition) is 1. The topological polar surface area (TPSA) is 3.24 Å². The molecule has 0 radical (unpaired) electrons. The van der Waals surface area contributed by atoms with Crippen molar-refractivity contribution in [1.29, 1.82) is 0 Å². The minimum Gasteiger partial charge on any atom is -0.285 e. The van der Waals surface area contributed by atoms with Gasteiger partial charge in [-0.1, -0.05) is 23.2 Å². The molecule has 1 atom stereocenters. The van der Waals surface area contributed by atoms with E-state index < -0.39 is 0 Å². The third-order valence-corrected chi connectivity index (χ3v) is 3.17. The van der Waals surface area contributed by atoms with Crippen LogP contribution in [-0.4, -0.2) is 23.5 Å². The highest BCUT2D eigenvalue weighted by Gasteiger charge is 2.33. The molecule has 1 unspecified atom stereocenters. The molecule has 1 nitrogen and oxygen atoms in total. The summed E-state index contributed by atoms with van der Waals surface area (Å²) in [6, 6.07) is 0. The Kier molecular flexibility index (Phi) is 2.84. The van der Waals surface area contributed by atoms with E-state index in [9.17, 15) is 0 Å². The molecule has 0 aromatic heterocycles. The van der Waals surface area contributed by atoms with Crippen LogP contribution in [0.5, 0.6) is 0 Å². The number of piperidine rings is 1. The summed E-state index contributed by atoms with van der Waals surface area (Å²) in [5, 5.41) is 0. The number of hydrogen-bond donors (Lipinski definition) is 0. The van der Waals surface area contributed by atoms with Gasteiger partial charge < -0.3 is 0 Å². The molecule has 0 amide bonds. The standard InChI is InChI=1S/C8H13Cl2N/c1-8(10)7(6-9)4-3-5-11(8)2/h6H,3-5H2,1-2H3/b7-6+. The van der Waals surface area contributed by atoms with Gasteiger partial charge in [0.15, 0.2) is 0 Å². The predicted octanol–water partition coefficient (Wildman–Crippen LogP) is 2.79. The van der Waals surface area contributed by atoms with Gasteiger partial charge in [0.05, 0.1) is 0 Å². The molecule has 0 aromatic carbocycles. The molecule has 0 saturated carbocycles. The van der Waals surface area contributed by atoms with Crippen molar-refractivity contribution in [2.75, 3.05) is 13.6 Å². The lowest BCUT2D eigenvalue weighted by atomic mass is 9.98. The Morgan fingerprint density at radius 2 is 2.27 bits per heavy atom. The second-order valence-electron chi connectivity index (χ2n) is 3.11. The van der Waals surface area contributed by atoms with Crippen LogP contribution in [0, 0.1) is 0 Å². The van der Waals surface area contributed by atoms with Gasteiger partial charge in [-0.2, -0.15) is 0 Å². The van der Waals surface area contributed by atoms with E-state index in [1.54, 1.807) is 5.54 Å². The quantitative estimate of drug-likeness (QED) is 0.423. The largest absolute Gasteiger partial charge is 0.285 e. The average molecular weight is 194 g/mol. The van der Waals surface area contributed by atoms with E-state index in [1.807, 2.05) is 14.0 Å². The summed E-state index contributed by atoms with van der Waals surface area (Å²) in [6.07, 6.45) is 2.17. The molecule has 1 heterocycles. The second kappa shape index (κ2) is 3.34. The molecule has 1 fully saturated rings. The fourth-order valence-electron chi connectivity index (χ4n) is 1.34. The lowest BCUT2D eigenvalue weighted by Crippen LogP contribution is -2.44. The molecule has 1 rings (SSSR count). The van der Waals surface area contributed by atoms with Crippen LogP contribution in [0.15, 0.2) is 11.1 Å². The summed E-state index contributed by atoms with van der Waals surface area (Å²) in [5.41, 5.74) is 2.73. The van der Waals surface area contributed by atoms with Gasteiger partial charge in [0, 0.05) is 12.1 Å². The predicted molar refractivity (Wildman–Crippen MR) is 50.1 cm³/mol. The Bertz CT molecular complexity index is 175. The normalized spacial score (nSPS) is 38.0. The van der Waals surface area contributed by atoms with E-state index in [2.05, 4.69) is 4.90 Å². The molecule has 0 aliphatic carbocycles. The number of rotatable bonds is 0. The van der Waals surface area contributed by atoms with Crippen LogP contribution in [0.2, 0.25) is 0 Å². The minimum absolute atomic E-state index is 0.361. The van der Waals surface area contributed by atoms with Crippen LogP contribution in [-0.2, 0) is 0 Å². The summed E-state index contributed by atoms with van der Waals surface area (Å²) in [7, 11) is 2.02. The lowest BCUT2D eigenvalue weighted by molar-refractivity contribution is 0.216. The van der Waals surface area contributed by atoms with Crippen LogP contribution in [0.1, 0.15) is 19.8 Å². The van der Waals surface area contributed by atoms with E-state index in [0.29, 0.717) is 0 Å². The van der Waals surface area contributed by atoms with E-state index in [0.717, 1.165) is 25.0 Å². The highest BCUT2D eigenvalue weighted by atomic mass is 35.5. The van der Waals surface area contributed by atoms with Crippen LogP contribution in [0.4, 0.5) is 0 Å². The molecule has 0 bridgehead atoms. The summed E-state index contributed by atoms with van der Waals surface area (Å²) >= 11 is 11.9. The van der Waals surface area contributed by atoms with Crippen molar-refractivity contribution in [3.63, 3.8) is 0 Å². The first kappa shape index (κ1) is 9.37. The maximum absolute atomic E-state index is 6.26. The highest BCUT2D eigenvalue weighted by Crippen LogP contribution is 2.35. The van der Waals surface area contributed by atoms with Gasteiger partial charge in [0.2, 0.25) is 0 Å². The Labute approximate surface area is 78.0 Å². The fraction of sp³-hybridized carbons (Fsp3) is 0.750. The molecule has 0 aromatic rings. The number of alkyl halides is 1. The van der Waals surface area contributed by atoms with E-state index in [4.69, 9.17) is 23.2 Å². The molecule has 11 heavy (non-hydrogen) atoms. The Morgan fingerprint density at radius 1 is 1.64 bits per heavy atom. The molecule has 64 valence electrons. The maximum atomic E-state index is 6.26. The molecule has 1 saturated heterocycles. The lowest BCUT2D eigenvalue weighted by Gasteiger charge is -2.39. The summed E-state index contributed by atoms with van der Waals surface area (Å²) in [4.78, 5) is 1.76. The molecular weight excluding hydrogens is 181 g/mol. The third-order valence-electron chi connectivity index (χ3n) is 2.37. The van der Waals surface area contributed by atoms with Gasteiger partial charge in [-0.05, 0) is 32.4 Å². The smallest absolute Gasteiger partial charge is 0.116 e. The second-order valence-corrected chi connectivity index (χ2v) is 4.07.